The average molecular weight is 687 g/mol. The largest absolute Gasteiger partial charge is 3.00 e. The van der Waals surface area contributed by atoms with Crippen LogP contribution in [0.25, 0.3) is 28.7 Å². The first-order valence-electron chi connectivity index (χ1n) is 12.2. The van der Waals surface area contributed by atoms with E-state index in [-0.39, 0.29) is 20.1 Å². The molecule has 3 aromatic carbocycles. The van der Waals surface area contributed by atoms with E-state index in [1.807, 2.05) is 107 Å². The first kappa shape index (κ1) is 29.2. The van der Waals surface area contributed by atoms with Crippen molar-refractivity contribution in [2.75, 3.05) is 0 Å². The number of hydrogen-bond acceptors (Lipinski definition) is 3. The third kappa shape index (κ3) is 8.30. The van der Waals surface area contributed by atoms with E-state index in [2.05, 4.69) is 47.2 Å². The zero-order chi connectivity index (χ0) is 26.6. The van der Waals surface area contributed by atoms with Crippen LogP contribution in [0.5, 0.6) is 0 Å². The molecule has 0 saturated carbocycles. The molecule has 0 spiro atoms. The van der Waals surface area contributed by atoms with Gasteiger partial charge in [0.15, 0.2) is 0 Å². The Bertz CT molecular complexity index is 1420. The van der Waals surface area contributed by atoms with Gasteiger partial charge in [-0.2, -0.15) is 21.8 Å². The zero-order valence-electron chi connectivity index (χ0n) is 21.8. The summed E-state index contributed by atoms with van der Waals surface area (Å²) in [6, 6.07) is 35.9. The van der Waals surface area contributed by atoms with Gasteiger partial charge in [-0.15, -0.1) is 65.2 Å². The number of rotatable bonds is 4. The summed E-state index contributed by atoms with van der Waals surface area (Å²) >= 11 is 0. The Kier molecular flexibility index (Phi) is 11.3. The first-order valence-corrected chi connectivity index (χ1v) is 12.2. The predicted octanol–water partition coefficient (Wildman–Crippen LogP) is 7.15. The monoisotopic (exact) mass is 687 g/mol. The minimum absolute atomic E-state index is 0. The van der Waals surface area contributed by atoms with Gasteiger partial charge in [-0.25, -0.2) is 6.08 Å². The number of benzene rings is 3. The first-order chi connectivity index (χ1) is 18.7. The van der Waals surface area contributed by atoms with Gasteiger partial charge >= 0.3 is 20.1 Å². The van der Waals surface area contributed by atoms with Crippen LogP contribution in [-0.4, -0.2) is 24.5 Å². The molecule has 0 aliphatic rings. The summed E-state index contributed by atoms with van der Waals surface area (Å²) in [4.78, 5) is 4.22. The number of hydrogen-bond donors (Lipinski definition) is 0. The van der Waals surface area contributed by atoms with Crippen LogP contribution in [-0.2, 0) is 20.1 Å². The van der Waals surface area contributed by atoms with Gasteiger partial charge < -0.3 is 4.98 Å². The molecular formula is C33H28IrN5. The minimum Gasteiger partial charge on any atom is -0.305 e. The maximum Gasteiger partial charge on any atom is 3.00 e. The molecule has 3 heterocycles. The summed E-state index contributed by atoms with van der Waals surface area (Å²) in [5.41, 5.74) is 7.27. The van der Waals surface area contributed by atoms with Crippen LogP contribution in [0, 0.1) is 32.6 Å². The predicted molar refractivity (Wildman–Crippen MR) is 153 cm³/mol. The summed E-state index contributed by atoms with van der Waals surface area (Å²) in [6.45, 7) is 9.35. The van der Waals surface area contributed by atoms with Crippen molar-refractivity contribution in [3.8, 4) is 22.6 Å². The quantitative estimate of drug-likeness (QED) is 0.185. The molecule has 0 unspecified atom stereocenters. The van der Waals surface area contributed by atoms with Gasteiger partial charge in [0.2, 0.25) is 0 Å². The van der Waals surface area contributed by atoms with Gasteiger partial charge in [0, 0.05) is 31.0 Å². The van der Waals surface area contributed by atoms with Crippen molar-refractivity contribution in [2.24, 2.45) is 0 Å². The molecule has 0 atom stereocenters. The summed E-state index contributed by atoms with van der Waals surface area (Å²) < 4.78 is 3.64. The molecule has 0 aliphatic carbocycles. The molecule has 0 radical (unpaired) electrons. The Morgan fingerprint density at radius 2 is 1.33 bits per heavy atom. The molecule has 0 amide bonds. The third-order valence-electron chi connectivity index (χ3n) is 5.53. The van der Waals surface area contributed by atoms with Crippen LogP contribution in [0.3, 0.4) is 0 Å². The number of pyridine rings is 1. The van der Waals surface area contributed by atoms with Crippen LogP contribution < -0.4 is 0 Å². The van der Waals surface area contributed by atoms with Crippen molar-refractivity contribution in [3.63, 3.8) is 0 Å². The zero-order valence-corrected chi connectivity index (χ0v) is 24.2. The fourth-order valence-corrected chi connectivity index (χ4v) is 3.69. The Morgan fingerprint density at radius 3 is 1.79 bits per heavy atom. The van der Waals surface area contributed by atoms with Crippen molar-refractivity contribution in [3.05, 3.63) is 157 Å². The molecule has 3 aromatic heterocycles. The second-order valence-corrected chi connectivity index (χ2v) is 8.30. The molecular weight excluding hydrogens is 659 g/mol. The van der Waals surface area contributed by atoms with Gasteiger partial charge in [0.05, 0.1) is 0 Å². The number of aromatic nitrogens is 5. The van der Waals surface area contributed by atoms with Crippen LogP contribution in [0.1, 0.15) is 16.7 Å². The van der Waals surface area contributed by atoms with Crippen molar-refractivity contribution < 1.29 is 20.1 Å². The summed E-state index contributed by atoms with van der Waals surface area (Å²) in [6.07, 6.45) is 10.7. The maximum atomic E-state index is 5.22. The van der Waals surface area contributed by atoms with Crippen molar-refractivity contribution in [2.45, 2.75) is 13.8 Å². The molecule has 5 nitrogen and oxygen atoms in total. The standard InChI is InChI=1S/C14H13N4.C11H8N.C8H7.Ir/c1-11-9-12(2)14(18-8-4-6-16-18)10-13(11)17-7-3-5-15-17;1-2-6-10(7-3-1)11-8-4-5-9-12-11;1-2-8-6-4-3-5-7-8;/h3-9H,1-2H3;1-6,8-9H;1-7H;/q3*-1;+3. The van der Waals surface area contributed by atoms with Gasteiger partial charge in [-0.05, 0) is 35.3 Å². The van der Waals surface area contributed by atoms with Crippen LogP contribution in [0.15, 0.2) is 122 Å². The van der Waals surface area contributed by atoms with E-state index in [1.54, 1.807) is 24.7 Å². The maximum absolute atomic E-state index is 5.22. The van der Waals surface area contributed by atoms with Crippen LogP contribution >= 0.6 is 0 Å². The van der Waals surface area contributed by atoms with Crippen molar-refractivity contribution in [1.82, 2.24) is 24.5 Å². The Balaban J connectivity index is 0.000000173. The molecule has 39 heavy (non-hydrogen) atoms. The molecule has 6 heteroatoms. The topological polar surface area (TPSA) is 48.5 Å². The summed E-state index contributed by atoms with van der Waals surface area (Å²) in [7, 11) is 0. The van der Waals surface area contributed by atoms with E-state index in [4.69, 9.17) is 6.58 Å². The average Bonchev–Trinajstić information content (AvgIpc) is 3.71. The molecule has 0 bridgehead atoms. The molecule has 6 rings (SSSR count). The normalized spacial score (nSPS) is 9.69. The second kappa shape index (κ2) is 15.1. The van der Waals surface area contributed by atoms with Crippen LogP contribution in [0.4, 0.5) is 0 Å². The van der Waals surface area contributed by atoms with E-state index < -0.39 is 0 Å². The number of aryl methyl sites for hydroxylation is 2. The van der Waals surface area contributed by atoms with Gasteiger partial charge in [0.25, 0.3) is 0 Å². The van der Waals surface area contributed by atoms with Crippen molar-refractivity contribution in [1.29, 1.82) is 0 Å². The Hall–Kier alpha value is -4.38. The van der Waals surface area contributed by atoms with Crippen molar-refractivity contribution >= 4 is 6.08 Å². The molecule has 0 N–H and O–H groups in total. The fraction of sp³-hybridized carbons (Fsp3) is 0.0606. The summed E-state index contributed by atoms with van der Waals surface area (Å²) in [5, 5.41) is 8.51. The van der Waals surface area contributed by atoms with Crippen LogP contribution in [0.2, 0.25) is 0 Å². The van der Waals surface area contributed by atoms with E-state index >= 15 is 0 Å². The fourth-order valence-electron chi connectivity index (χ4n) is 3.69. The summed E-state index contributed by atoms with van der Waals surface area (Å²) in [5.74, 6) is 0. The molecule has 0 fully saturated rings. The molecule has 194 valence electrons. The third-order valence-corrected chi connectivity index (χ3v) is 5.53. The molecule has 0 aliphatic heterocycles. The van der Waals surface area contributed by atoms with E-state index in [9.17, 15) is 0 Å². The Labute approximate surface area is 243 Å². The van der Waals surface area contributed by atoms with E-state index in [0.717, 1.165) is 39.3 Å². The van der Waals surface area contributed by atoms with Gasteiger partial charge in [-0.1, -0.05) is 44.2 Å². The minimum atomic E-state index is 0. The van der Waals surface area contributed by atoms with Gasteiger partial charge in [0.1, 0.15) is 0 Å². The SMILES string of the molecule is Cc1cc(C)c(-n2cccn2)[c-]c1-n1cccn1.[CH-]=Cc1ccccc1.[Ir+3].[c-]1ccccc1-c1ccccn1. The van der Waals surface area contributed by atoms with E-state index in [0.29, 0.717) is 0 Å². The molecule has 6 aromatic rings. The second-order valence-electron chi connectivity index (χ2n) is 8.30. The van der Waals surface area contributed by atoms with Gasteiger partial charge in [-0.3, -0.25) is 15.9 Å². The van der Waals surface area contributed by atoms with E-state index in [1.165, 1.54) is 0 Å². The number of nitrogens with zero attached hydrogens (tertiary/aromatic N) is 5. The molecule has 0 saturated heterocycles. The smallest absolute Gasteiger partial charge is 0.305 e. The Morgan fingerprint density at radius 1 is 0.718 bits per heavy atom.